The van der Waals surface area contributed by atoms with Gasteiger partial charge in [0.05, 0.1) is 7.11 Å². The fourth-order valence-corrected chi connectivity index (χ4v) is 3.15. The molecule has 5 heteroatoms. The first-order valence-corrected chi connectivity index (χ1v) is 7.92. The number of nitrogens with zero attached hydrogens (tertiary/aromatic N) is 1. The Bertz CT molecular complexity index is 674. The van der Waals surface area contributed by atoms with E-state index in [1.165, 1.54) is 13.5 Å². The van der Waals surface area contributed by atoms with Crippen molar-refractivity contribution < 1.29 is 13.9 Å². The minimum Gasteiger partial charge on any atom is -0.464 e. The predicted octanol–water partition coefficient (Wildman–Crippen LogP) is 4.83. The Morgan fingerprint density at radius 1 is 1.32 bits per heavy atom. The van der Waals surface area contributed by atoms with Crippen LogP contribution in [-0.2, 0) is 4.74 Å². The van der Waals surface area contributed by atoms with Gasteiger partial charge in [0, 0.05) is 16.5 Å². The summed E-state index contributed by atoms with van der Waals surface area (Å²) in [6.07, 6.45) is 5.58. The van der Waals surface area contributed by atoms with Crippen LogP contribution in [0, 0.1) is 0 Å². The van der Waals surface area contributed by atoms with Gasteiger partial charge in [-0.25, -0.2) is 9.78 Å². The SMILES string of the molecule is COC(=O)c1nc(-c2cccc(Cl)c2)oc1C1CCCCC1. The molecule has 1 aromatic carbocycles. The van der Waals surface area contributed by atoms with Crippen LogP contribution in [0.4, 0.5) is 0 Å². The molecule has 1 aliphatic rings. The van der Waals surface area contributed by atoms with Gasteiger partial charge >= 0.3 is 5.97 Å². The molecule has 0 unspecified atom stereocenters. The van der Waals surface area contributed by atoms with Crippen LogP contribution < -0.4 is 0 Å². The summed E-state index contributed by atoms with van der Waals surface area (Å²) in [4.78, 5) is 16.4. The molecule has 1 heterocycles. The Labute approximate surface area is 134 Å². The fourth-order valence-electron chi connectivity index (χ4n) is 2.96. The first kappa shape index (κ1) is 15.1. The molecular weight excluding hydrogens is 302 g/mol. The molecule has 0 radical (unpaired) electrons. The van der Waals surface area contributed by atoms with Gasteiger partial charge in [0.2, 0.25) is 5.89 Å². The monoisotopic (exact) mass is 319 g/mol. The number of esters is 1. The van der Waals surface area contributed by atoms with Gasteiger partial charge in [0.15, 0.2) is 5.69 Å². The molecule has 1 aliphatic carbocycles. The van der Waals surface area contributed by atoms with Gasteiger partial charge < -0.3 is 9.15 Å². The zero-order chi connectivity index (χ0) is 15.5. The highest BCUT2D eigenvalue weighted by Crippen LogP contribution is 2.37. The minimum atomic E-state index is -0.447. The zero-order valence-corrected chi connectivity index (χ0v) is 13.2. The van der Waals surface area contributed by atoms with Crippen LogP contribution in [0.1, 0.15) is 54.3 Å². The molecule has 0 amide bonds. The van der Waals surface area contributed by atoms with E-state index in [2.05, 4.69) is 4.98 Å². The molecule has 3 rings (SSSR count). The predicted molar refractivity (Wildman–Crippen MR) is 84.1 cm³/mol. The number of methoxy groups -OCH3 is 1. The van der Waals surface area contributed by atoms with E-state index >= 15 is 0 Å². The molecule has 0 N–H and O–H groups in total. The second-order valence-electron chi connectivity index (χ2n) is 5.57. The number of benzene rings is 1. The zero-order valence-electron chi connectivity index (χ0n) is 12.5. The highest BCUT2D eigenvalue weighted by molar-refractivity contribution is 6.30. The van der Waals surface area contributed by atoms with E-state index < -0.39 is 5.97 Å². The summed E-state index contributed by atoms with van der Waals surface area (Å²) in [5.74, 6) is 0.867. The highest BCUT2D eigenvalue weighted by Gasteiger charge is 2.28. The lowest BCUT2D eigenvalue weighted by molar-refractivity contribution is 0.0591. The molecule has 0 spiro atoms. The van der Waals surface area contributed by atoms with Gasteiger partial charge in [-0.1, -0.05) is 36.9 Å². The van der Waals surface area contributed by atoms with Crippen molar-refractivity contribution in [1.82, 2.24) is 4.98 Å². The molecule has 1 aromatic heterocycles. The van der Waals surface area contributed by atoms with Crippen LogP contribution >= 0.6 is 11.6 Å². The Hall–Kier alpha value is -1.81. The molecule has 116 valence electrons. The van der Waals surface area contributed by atoms with Gasteiger partial charge in [-0.3, -0.25) is 0 Å². The lowest BCUT2D eigenvalue weighted by Crippen LogP contribution is -2.10. The van der Waals surface area contributed by atoms with Crippen LogP contribution in [0.2, 0.25) is 5.02 Å². The summed E-state index contributed by atoms with van der Waals surface area (Å²) in [5.41, 5.74) is 1.06. The van der Waals surface area contributed by atoms with E-state index in [0.717, 1.165) is 31.2 Å². The molecule has 0 saturated heterocycles. The second-order valence-corrected chi connectivity index (χ2v) is 6.01. The summed E-state index contributed by atoms with van der Waals surface area (Å²) >= 11 is 6.02. The average molecular weight is 320 g/mol. The molecule has 22 heavy (non-hydrogen) atoms. The number of carbonyl (C=O) groups excluding carboxylic acids is 1. The quantitative estimate of drug-likeness (QED) is 0.760. The van der Waals surface area contributed by atoms with Gasteiger partial charge in [0.25, 0.3) is 0 Å². The number of ether oxygens (including phenoxy) is 1. The second kappa shape index (κ2) is 6.53. The number of hydrogen-bond acceptors (Lipinski definition) is 4. The normalized spacial score (nSPS) is 15.7. The highest BCUT2D eigenvalue weighted by atomic mass is 35.5. The van der Waals surface area contributed by atoms with Gasteiger partial charge in [-0.15, -0.1) is 0 Å². The molecule has 0 bridgehead atoms. The minimum absolute atomic E-state index is 0.239. The van der Waals surface area contributed by atoms with Crippen molar-refractivity contribution in [3.05, 3.63) is 40.7 Å². The maximum Gasteiger partial charge on any atom is 0.360 e. The summed E-state index contributed by atoms with van der Waals surface area (Å²) in [6.45, 7) is 0. The van der Waals surface area contributed by atoms with E-state index in [-0.39, 0.29) is 5.92 Å². The van der Waals surface area contributed by atoms with E-state index in [1.807, 2.05) is 12.1 Å². The Balaban J connectivity index is 2.02. The summed E-state index contributed by atoms with van der Waals surface area (Å²) in [5, 5.41) is 0.606. The summed E-state index contributed by atoms with van der Waals surface area (Å²) < 4.78 is 10.8. The lowest BCUT2D eigenvalue weighted by Gasteiger charge is -2.19. The first-order chi connectivity index (χ1) is 10.7. The number of oxazole rings is 1. The van der Waals surface area contributed by atoms with Crippen LogP contribution in [0.25, 0.3) is 11.5 Å². The van der Waals surface area contributed by atoms with E-state index in [4.69, 9.17) is 20.8 Å². The van der Waals surface area contributed by atoms with E-state index in [9.17, 15) is 4.79 Å². The number of carbonyl (C=O) groups is 1. The van der Waals surface area contributed by atoms with Crippen LogP contribution in [0.5, 0.6) is 0 Å². The van der Waals surface area contributed by atoms with Crippen molar-refractivity contribution in [2.45, 2.75) is 38.0 Å². The lowest BCUT2D eigenvalue weighted by atomic mass is 9.87. The van der Waals surface area contributed by atoms with Crippen molar-refractivity contribution in [1.29, 1.82) is 0 Å². The number of halogens is 1. The molecule has 4 nitrogen and oxygen atoms in total. The van der Waals surface area contributed by atoms with Crippen LogP contribution in [0.15, 0.2) is 28.7 Å². The third-order valence-corrected chi connectivity index (χ3v) is 4.31. The van der Waals surface area contributed by atoms with Crippen LogP contribution in [0.3, 0.4) is 0 Å². The molecule has 0 aliphatic heterocycles. The fraction of sp³-hybridized carbons (Fsp3) is 0.412. The van der Waals surface area contributed by atoms with Crippen molar-refractivity contribution >= 4 is 17.6 Å². The van der Waals surface area contributed by atoms with Crippen molar-refractivity contribution in [2.75, 3.05) is 7.11 Å². The summed E-state index contributed by atoms with van der Waals surface area (Å²) in [7, 11) is 1.36. The van der Waals surface area contributed by atoms with Crippen molar-refractivity contribution in [2.24, 2.45) is 0 Å². The summed E-state index contributed by atoms with van der Waals surface area (Å²) in [6, 6.07) is 7.26. The van der Waals surface area contributed by atoms with Gasteiger partial charge in [-0.05, 0) is 31.0 Å². The van der Waals surface area contributed by atoms with Crippen molar-refractivity contribution in [3.63, 3.8) is 0 Å². The average Bonchev–Trinajstić information content (AvgIpc) is 3.00. The third kappa shape index (κ3) is 3.02. The molecular formula is C17H18ClNO3. The van der Waals surface area contributed by atoms with Gasteiger partial charge in [0.1, 0.15) is 5.76 Å². The standard InChI is InChI=1S/C17H18ClNO3/c1-21-17(20)14-15(11-6-3-2-4-7-11)22-16(19-14)12-8-5-9-13(18)10-12/h5,8-11H,2-4,6-7H2,1H3. The Morgan fingerprint density at radius 3 is 2.77 bits per heavy atom. The maximum absolute atomic E-state index is 12.0. The topological polar surface area (TPSA) is 52.3 Å². The van der Waals surface area contributed by atoms with Crippen molar-refractivity contribution in [3.8, 4) is 11.5 Å². The molecule has 2 aromatic rings. The van der Waals surface area contributed by atoms with Gasteiger partial charge in [-0.2, -0.15) is 0 Å². The van der Waals surface area contributed by atoms with Crippen LogP contribution in [-0.4, -0.2) is 18.1 Å². The Morgan fingerprint density at radius 2 is 2.09 bits per heavy atom. The smallest absolute Gasteiger partial charge is 0.360 e. The maximum atomic E-state index is 12.0. The number of rotatable bonds is 3. The number of hydrogen-bond donors (Lipinski definition) is 0. The van der Waals surface area contributed by atoms with E-state index in [1.54, 1.807) is 12.1 Å². The third-order valence-electron chi connectivity index (χ3n) is 4.08. The molecule has 1 saturated carbocycles. The number of aromatic nitrogens is 1. The van der Waals surface area contributed by atoms with E-state index in [0.29, 0.717) is 22.4 Å². The first-order valence-electron chi connectivity index (χ1n) is 7.54. The molecule has 1 fully saturated rings. The Kier molecular flexibility index (Phi) is 4.48. The molecule has 0 atom stereocenters. The largest absolute Gasteiger partial charge is 0.464 e.